The lowest BCUT2D eigenvalue weighted by atomic mass is 10.0. The molecule has 1 heterocycles. The summed E-state index contributed by atoms with van der Waals surface area (Å²) in [5.41, 5.74) is 7.30. The molecule has 0 bridgehead atoms. The topological polar surface area (TPSA) is 455 Å². The number of aliphatic hydroxyl groups is 3. The predicted octanol–water partition coefficient (Wildman–Crippen LogP) is -4.71. The Labute approximate surface area is 458 Å². The second-order valence-electron chi connectivity index (χ2n) is 18.8. The van der Waals surface area contributed by atoms with Crippen molar-refractivity contribution in [1.29, 1.82) is 0 Å². The maximum absolute atomic E-state index is 13.9. The van der Waals surface area contributed by atoms with Crippen LogP contribution in [0.25, 0.3) is 0 Å². The minimum atomic E-state index is -1.77. The number of nitrogens with two attached hydrogens (primary N) is 1. The van der Waals surface area contributed by atoms with Crippen LogP contribution in [0.1, 0.15) is 50.1 Å². The molecule has 432 valence electrons. The molecule has 28 heteroatoms. The number of H-pyrrole nitrogens is 1. The molecule has 0 unspecified atom stereocenters. The van der Waals surface area contributed by atoms with Crippen molar-refractivity contribution in [3.05, 3.63) is 114 Å². The number of aromatic hydroxyl groups is 2. The fourth-order valence-electron chi connectivity index (χ4n) is 7.57. The van der Waals surface area contributed by atoms with Gasteiger partial charge in [-0.25, -0.2) is 9.78 Å². The number of phenols is 2. The van der Waals surface area contributed by atoms with Gasteiger partial charge in [-0.3, -0.25) is 43.2 Å². The van der Waals surface area contributed by atoms with Crippen molar-refractivity contribution in [2.45, 2.75) is 120 Å². The molecular formula is C52H68N12O16. The number of hydrogen-bond acceptors (Lipinski definition) is 17. The number of benzene rings is 3. The number of carboxylic acids is 1. The standard InChI is InChI=1S/C52H68N12O16/c1-26(53)44(71)64-43(29(4)67)51(78)59-36(19-31-10-14-34(68)15-11-31)47(74)57-27(2)45(72)58-37(18-30-8-6-5-7-9-30)48(75)62-40(24-65)46(73)55-23-41(70)63-42(28(3)66)50(77)60-38(21-33-22-54-25-56-33)49(76)61-39(52(79)80)20-32-12-16-35(69)17-13-32/h5-17,22,25-29,36-40,42-43,65-69H,18-21,23-24,53H2,1-4H3,(H,54,56)(H,55,73)(H,57,74)(H,58,72)(H,59,78)(H,60,77)(H,61,76)(H,62,75)(H,63,70)(H,64,71)(H,79,80)/t26-,27-,28+,29+,36-,37-,38-,39-,40-,42-,43-/m0/s1. The van der Waals surface area contributed by atoms with Gasteiger partial charge in [0.25, 0.3) is 0 Å². The molecular weight excluding hydrogens is 1050 g/mol. The Morgan fingerprint density at radius 3 is 1.41 bits per heavy atom. The first-order valence-electron chi connectivity index (χ1n) is 25.1. The van der Waals surface area contributed by atoms with Gasteiger partial charge in [-0.2, -0.15) is 0 Å². The van der Waals surface area contributed by atoms with Crippen LogP contribution in [0.4, 0.5) is 0 Å². The fourth-order valence-corrected chi connectivity index (χ4v) is 7.57. The average molecular weight is 1120 g/mol. The van der Waals surface area contributed by atoms with Crippen molar-refractivity contribution in [3.63, 3.8) is 0 Å². The molecule has 0 saturated heterocycles. The summed E-state index contributed by atoms with van der Waals surface area (Å²) in [5, 5.41) is 81.8. The number of rotatable bonds is 30. The number of carbonyl (C=O) groups is 10. The first-order chi connectivity index (χ1) is 37.8. The van der Waals surface area contributed by atoms with Crippen LogP contribution in [-0.4, -0.2) is 179 Å². The smallest absolute Gasteiger partial charge is 0.326 e. The Balaban J connectivity index is 1.42. The number of aromatic nitrogens is 2. The summed E-state index contributed by atoms with van der Waals surface area (Å²) in [6, 6.07) is 5.93. The molecule has 0 aliphatic rings. The second kappa shape index (κ2) is 30.8. The van der Waals surface area contributed by atoms with E-state index < -0.39 is 139 Å². The molecule has 0 aliphatic heterocycles. The highest BCUT2D eigenvalue weighted by Gasteiger charge is 2.35. The third-order valence-corrected chi connectivity index (χ3v) is 12.1. The maximum Gasteiger partial charge on any atom is 0.326 e. The number of aromatic amines is 1. The van der Waals surface area contributed by atoms with Gasteiger partial charge in [0, 0.05) is 31.9 Å². The van der Waals surface area contributed by atoms with E-state index in [2.05, 4.69) is 57.8 Å². The molecule has 0 radical (unpaired) electrons. The van der Waals surface area contributed by atoms with E-state index >= 15 is 0 Å². The summed E-state index contributed by atoms with van der Waals surface area (Å²) in [4.78, 5) is 140. The Bertz CT molecular complexity index is 2750. The van der Waals surface area contributed by atoms with Crippen LogP contribution < -0.4 is 53.6 Å². The van der Waals surface area contributed by atoms with Crippen LogP contribution in [0.3, 0.4) is 0 Å². The number of aliphatic carboxylic acids is 1. The van der Waals surface area contributed by atoms with E-state index in [-0.39, 0.29) is 42.9 Å². The van der Waals surface area contributed by atoms with Crippen molar-refractivity contribution in [3.8, 4) is 11.5 Å². The molecule has 0 saturated carbocycles. The number of hydrogen-bond donors (Lipinski definition) is 17. The van der Waals surface area contributed by atoms with Crippen LogP contribution in [0, 0.1) is 0 Å². The Kier molecular flexibility index (Phi) is 24.5. The van der Waals surface area contributed by atoms with Crippen molar-refractivity contribution < 1.29 is 78.6 Å². The summed E-state index contributed by atoms with van der Waals surface area (Å²) in [6.07, 6.45) is -1.25. The number of carbonyl (C=O) groups excluding carboxylic acids is 9. The third kappa shape index (κ3) is 20.4. The monoisotopic (exact) mass is 1120 g/mol. The largest absolute Gasteiger partial charge is 0.508 e. The number of carboxylic acid groups (broad SMARTS) is 1. The predicted molar refractivity (Wildman–Crippen MR) is 282 cm³/mol. The summed E-state index contributed by atoms with van der Waals surface area (Å²) in [5.74, 6) is -10.5. The number of aliphatic hydroxyl groups excluding tert-OH is 3. The average Bonchev–Trinajstić information content (AvgIpc) is 3.95. The lowest BCUT2D eigenvalue weighted by Gasteiger charge is -2.27. The number of nitrogens with one attached hydrogen (secondary N) is 10. The molecule has 1 aromatic heterocycles. The van der Waals surface area contributed by atoms with Gasteiger partial charge in [0.15, 0.2) is 0 Å². The molecule has 28 nitrogen and oxygen atoms in total. The quantitative estimate of drug-likeness (QED) is 0.0233. The summed E-state index contributed by atoms with van der Waals surface area (Å²) in [7, 11) is 0. The molecule has 80 heavy (non-hydrogen) atoms. The van der Waals surface area contributed by atoms with Gasteiger partial charge in [-0.05, 0) is 68.7 Å². The van der Waals surface area contributed by atoms with E-state index in [0.717, 1.165) is 6.92 Å². The number of nitrogens with zero attached hydrogens (tertiary/aromatic N) is 1. The zero-order valence-corrected chi connectivity index (χ0v) is 44.0. The Morgan fingerprint density at radius 2 is 0.950 bits per heavy atom. The molecule has 11 atom stereocenters. The SMILES string of the molecule is C[C@H](N)C(=O)N[C@H](C(=O)N[C@@H](Cc1ccc(O)cc1)C(=O)N[C@@H](C)C(=O)N[C@@H](Cc1ccccc1)C(=O)N[C@@H](CO)C(=O)NCC(=O)N[C@H](C(=O)N[C@@H](Cc1c[nH]cn1)C(=O)N[C@@H](Cc1ccc(O)cc1)C(=O)O)[C@@H](C)O)[C@@H](C)O. The number of imidazole rings is 1. The lowest BCUT2D eigenvalue weighted by molar-refractivity contribution is -0.142. The highest BCUT2D eigenvalue weighted by Crippen LogP contribution is 2.14. The van der Waals surface area contributed by atoms with Crippen molar-refractivity contribution in [2.24, 2.45) is 5.73 Å². The minimum Gasteiger partial charge on any atom is -0.508 e. The van der Waals surface area contributed by atoms with E-state index in [1.54, 1.807) is 30.3 Å². The molecule has 18 N–H and O–H groups in total. The molecule has 4 aromatic rings. The second-order valence-corrected chi connectivity index (χ2v) is 18.8. The van der Waals surface area contributed by atoms with Gasteiger partial charge < -0.3 is 89.2 Å². The van der Waals surface area contributed by atoms with Gasteiger partial charge >= 0.3 is 5.97 Å². The fraction of sp³-hybridized carbons (Fsp3) is 0.404. The number of phenolic OH excluding ortho intramolecular Hbond substituents is 2. The molecule has 9 amide bonds. The molecule has 0 spiro atoms. The van der Waals surface area contributed by atoms with Crippen LogP contribution in [0.5, 0.6) is 11.5 Å². The van der Waals surface area contributed by atoms with Crippen molar-refractivity contribution in [1.82, 2.24) is 57.8 Å². The Morgan fingerprint density at radius 1 is 0.512 bits per heavy atom. The molecule has 0 aliphatic carbocycles. The first-order valence-corrected chi connectivity index (χ1v) is 25.1. The van der Waals surface area contributed by atoms with E-state index in [0.29, 0.717) is 16.7 Å². The summed E-state index contributed by atoms with van der Waals surface area (Å²) < 4.78 is 0. The minimum absolute atomic E-state index is 0.0689. The van der Waals surface area contributed by atoms with E-state index in [4.69, 9.17) is 5.73 Å². The van der Waals surface area contributed by atoms with Crippen LogP contribution in [0.2, 0.25) is 0 Å². The normalized spacial score (nSPS) is 15.2. The Hall–Kier alpha value is -8.99. The zero-order chi connectivity index (χ0) is 59.2. The molecule has 3 aromatic carbocycles. The van der Waals surface area contributed by atoms with Gasteiger partial charge in [-0.15, -0.1) is 0 Å². The molecule has 0 fully saturated rings. The first kappa shape index (κ1) is 63.5. The maximum atomic E-state index is 13.9. The highest BCUT2D eigenvalue weighted by molar-refractivity contribution is 5.98. The van der Waals surface area contributed by atoms with Crippen molar-refractivity contribution in [2.75, 3.05) is 13.2 Å². The van der Waals surface area contributed by atoms with Crippen LogP contribution in [0.15, 0.2) is 91.4 Å². The number of amides is 9. The van der Waals surface area contributed by atoms with Crippen LogP contribution >= 0.6 is 0 Å². The summed E-state index contributed by atoms with van der Waals surface area (Å²) in [6.45, 7) is 3.05. The summed E-state index contributed by atoms with van der Waals surface area (Å²) >= 11 is 0. The van der Waals surface area contributed by atoms with Crippen molar-refractivity contribution >= 4 is 59.1 Å². The molecule has 4 rings (SSSR count). The highest BCUT2D eigenvalue weighted by atomic mass is 16.4. The van der Waals surface area contributed by atoms with Gasteiger partial charge in [0.2, 0.25) is 53.2 Å². The van der Waals surface area contributed by atoms with Gasteiger partial charge in [0.1, 0.15) is 59.8 Å². The zero-order valence-electron chi connectivity index (χ0n) is 44.0. The van der Waals surface area contributed by atoms with Gasteiger partial charge in [-0.1, -0.05) is 54.6 Å². The van der Waals surface area contributed by atoms with E-state index in [9.17, 15) is 78.6 Å². The third-order valence-electron chi connectivity index (χ3n) is 12.1. The van der Waals surface area contributed by atoms with E-state index in [1.165, 1.54) is 81.8 Å². The van der Waals surface area contributed by atoms with Crippen LogP contribution in [-0.2, 0) is 73.6 Å². The van der Waals surface area contributed by atoms with E-state index in [1.807, 2.05) is 0 Å². The van der Waals surface area contributed by atoms with Gasteiger partial charge in [0.05, 0.1) is 43.4 Å². The lowest BCUT2D eigenvalue weighted by Crippen LogP contribution is -2.61.